The van der Waals surface area contributed by atoms with Crippen molar-refractivity contribution in [3.05, 3.63) is 35.8 Å². The number of amides is 1. The third-order valence-electron chi connectivity index (χ3n) is 4.85. The summed E-state index contributed by atoms with van der Waals surface area (Å²) in [5.41, 5.74) is -0.379. The van der Waals surface area contributed by atoms with Crippen LogP contribution in [0.4, 0.5) is 4.39 Å². The Balaban J connectivity index is 0.00000218. The van der Waals surface area contributed by atoms with Crippen LogP contribution in [-0.4, -0.2) is 56.4 Å². The lowest BCUT2D eigenvalue weighted by atomic mass is 9.90. The lowest BCUT2D eigenvalue weighted by Crippen LogP contribution is -2.60. The lowest BCUT2D eigenvalue weighted by molar-refractivity contribution is -0.118. The second kappa shape index (κ2) is 13.8. The molecule has 30 heavy (non-hydrogen) atoms. The molecule has 2 atom stereocenters. The van der Waals surface area contributed by atoms with E-state index in [2.05, 4.69) is 20.9 Å². The van der Waals surface area contributed by atoms with Crippen molar-refractivity contribution < 1.29 is 18.7 Å². The summed E-state index contributed by atoms with van der Waals surface area (Å²) in [6, 6.07) is 0. The van der Waals surface area contributed by atoms with Gasteiger partial charge in [-0.3, -0.25) is 14.6 Å². The SMILES string of the molecule is CC.CC/C=C(F)\C=C/CCNC(=O)/C(=C/C=O)NC1=NCC2CCC1(NC)CO2. The van der Waals surface area contributed by atoms with Gasteiger partial charge in [0.15, 0.2) is 0 Å². The molecule has 8 heteroatoms. The van der Waals surface area contributed by atoms with Gasteiger partial charge < -0.3 is 20.7 Å². The zero-order valence-electron chi connectivity index (χ0n) is 18.5. The van der Waals surface area contributed by atoms with Crippen molar-refractivity contribution in [3.63, 3.8) is 0 Å². The summed E-state index contributed by atoms with van der Waals surface area (Å²) in [4.78, 5) is 28.1. The van der Waals surface area contributed by atoms with E-state index in [-0.39, 0.29) is 17.6 Å². The molecule has 168 valence electrons. The molecule has 2 unspecified atom stereocenters. The van der Waals surface area contributed by atoms with Gasteiger partial charge in [0.05, 0.1) is 24.8 Å². The predicted molar refractivity (Wildman–Crippen MR) is 118 cm³/mol. The molecule has 7 nitrogen and oxygen atoms in total. The Hall–Kier alpha value is -2.32. The molecule has 1 fully saturated rings. The fraction of sp³-hybridized carbons (Fsp3) is 0.591. The number of hydrogen-bond acceptors (Lipinski definition) is 6. The molecule has 0 aromatic heterocycles. The summed E-state index contributed by atoms with van der Waals surface area (Å²) in [5.74, 6) is -0.110. The van der Waals surface area contributed by atoms with E-state index in [4.69, 9.17) is 4.74 Å². The van der Waals surface area contributed by atoms with Crippen LogP contribution >= 0.6 is 0 Å². The Morgan fingerprint density at radius 2 is 2.17 bits per heavy atom. The smallest absolute Gasteiger partial charge is 0.267 e. The van der Waals surface area contributed by atoms with Gasteiger partial charge in [-0.15, -0.1) is 0 Å². The van der Waals surface area contributed by atoms with Crippen LogP contribution in [0.2, 0.25) is 0 Å². The van der Waals surface area contributed by atoms with Crippen molar-refractivity contribution in [2.45, 2.75) is 58.1 Å². The first kappa shape index (κ1) is 25.7. The normalized spacial score (nSPS) is 23.9. The van der Waals surface area contributed by atoms with E-state index < -0.39 is 11.4 Å². The first-order valence-corrected chi connectivity index (χ1v) is 10.6. The van der Waals surface area contributed by atoms with Gasteiger partial charge in [0.2, 0.25) is 0 Å². The Bertz CT molecular complexity index is 678. The molecule has 0 aromatic carbocycles. The minimum absolute atomic E-state index is 0.0852. The van der Waals surface area contributed by atoms with E-state index in [1.54, 1.807) is 6.08 Å². The molecule has 0 aliphatic carbocycles. The third kappa shape index (κ3) is 7.50. The second-order valence-electron chi connectivity index (χ2n) is 6.78. The number of hydrogen-bond donors (Lipinski definition) is 3. The van der Waals surface area contributed by atoms with Crippen molar-refractivity contribution in [2.75, 3.05) is 26.7 Å². The fourth-order valence-corrected chi connectivity index (χ4v) is 3.17. The number of aldehydes is 1. The lowest BCUT2D eigenvalue weighted by Gasteiger charge is -2.37. The molecular weight excluding hydrogens is 387 g/mol. The molecule has 0 aromatic rings. The topological polar surface area (TPSA) is 91.8 Å². The molecule has 3 heterocycles. The highest BCUT2D eigenvalue weighted by molar-refractivity contribution is 6.03. The Labute approximate surface area is 178 Å². The molecule has 1 saturated heterocycles. The monoisotopic (exact) mass is 422 g/mol. The summed E-state index contributed by atoms with van der Waals surface area (Å²) in [7, 11) is 1.83. The number of nitrogens with one attached hydrogen (secondary N) is 3. The fourth-order valence-electron chi connectivity index (χ4n) is 3.17. The molecule has 0 saturated carbocycles. The highest BCUT2D eigenvalue weighted by Crippen LogP contribution is 2.27. The van der Waals surface area contributed by atoms with E-state index >= 15 is 0 Å². The van der Waals surface area contributed by atoms with Crippen LogP contribution in [0.25, 0.3) is 0 Å². The standard InChI is InChI=1S/C20H29FN4O3.C2H6/c1-3-6-15(21)7-4-5-11-23-18(27)17(9-12-26)25-19-20(22-2)10-8-16(13-24-19)28-14-20;1-2/h4,6-7,9,12,16,22H,3,5,8,10-11,13-14H2,1-2H3,(H,23,27)(H,24,25);1-2H3/b7-4-,15-6+,17-9-;. The summed E-state index contributed by atoms with van der Waals surface area (Å²) in [6.45, 7) is 7.15. The molecule has 3 rings (SSSR count). The van der Waals surface area contributed by atoms with Crippen LogP contribution in [-0.2, 0) is 14.3 Å². The number of carbonyl (C=O) groups is 2. The quantitative estimate of drug-likeness (QED) is 0.230. The van der Waals surface area contributed by atoms with Gasteiger partial charge in [-0.05, 0) is 44.9 Å². The number of allylic oxidation sites excluding steroid dienone is 4. The molecule has 3 aliphatic heterocycles. The summed E-state index contributed by atoms with van der Waals surface area (Å²) in [6.07, 6.45) is 9.14. The zero-order chi connectivity index (χ0) is 22.4. The van der Waals surface area contributed by atoms with Crippen LogP contribution in [0.3, 0.4) is 0 Å². The molecule has 0 spiro atoms. The maximum Gasteiger partial charge on any atom is 0.267 e. The van der Waals surface area contributed by atoms with Gasteiger partial charge in [-0.25, -0.2) is 4.39 Å². The van der Waals surface area contributed by atoms with E-state index in [0.29, 0.717) is 44.7 Å². The minimum Gasteiger partial charge on any atom is -0.374 e. The molecule has 3 N–H and O–H groups in total. The molecule has 1 amide bonds. The van der Waals surface area contributed by atoms with Crippen LogP contribution in [0, 0.1) is 0 Å². The van der Waals surface area contributed by atoms with Gasteiger partial charge in [0.25, 0.3) is 5.91 Å². The maximum absolute atomic E-state index is 13.3. The molecule has 3 aliphatic rings. The van der Waals surface area contributed by atoms with Crippen molar-refractivity contribution in [1.82, 2.24) is 16.0 Å². The number of fused-ring (bicyclic) bond motifs is 3. The Kier molecular flexibility index (Phi) is 11.8. The van der Waals surface area contributed by atoms with E-state index in [0.717, 1.165) is 12.8 Å². The maximum atomic E-state index is 13.3. The van der Waals surface area contributed by atoms with Crippen molar-refractivity contribution in [2.24, 2.45) is 4.99 Å². The van der Waals surface area contributed by atoms with Gasteiger partial charge in [-0.1, -0.05) is 26.8 Å². The third-order valence-corrected chi connectivity index (χ3v) is 4.85. The summed E-state index contributed by atoms with van der Waals surface area (Å²) in [5, 5.41) is 9.00. The number of rotatable bonds is 9. The second-order valence-corrected chi connectivity index (χ2v) is 6.78. The highest BCUT2D eigenvalue weighted by Gasteiger charge is 2.42. The number of aliphatic imine (C=N–C) groups is 1. The van der Waals surface area contributed by atoms with Crippen LogP contribution in [0.1, 0.15) is 46.5 Å². The van der Waals surface area contributed by atoms with E-state index in [9.17, 15) is 14.0 Å². The van der Waals surface area contributed by atoms with Crippen LogP contribution in [0.15, 0.2) is 40.8 Å². The van der Waals surface area contributed by atoms with Crippen LogP contribution in [0.5, 0.6) is 0 Å². The predicted octanol–water partition coefficient (Wildman–Crippen LogP) is 2.56. The number of halogens is 1. The van der Waals surface area contributed by atoms with Gasteiger partial charge >= 0.3 is 0 Å². The molecular formula is C22H35FN4O3. The molecule has 0 radical (unpaired) electrons. The average Bonchev–Trinajstić information content (AvgIpc) is 3.05. The highest BCUT2D eigenvalue weighted by atomic mass is 19.1. The van der Waals surface area contributed by atoms with Gasteiger partial charge in [-0.2, -0.15) is 0 Å². The van der Waals surface area contributed by atoms with Crippen molar-refractivity contribution in [1.29, 1.82) is 0 Å². The number of ether oxygens (including phenoxy) is 1. The average molecular weight is 423 g/mol. The number of nitrogens with zero attached hydrogens (tertiary/aromatic N) is 1. The van der Waals surface area contributed by atoms with Crippen molar-refractivity contribution in [3.8, 4) is 0 Å². The Morgan fingerprint density at radius 1 is 1.40 bits per heavy atom. The van der Waals surface area contributed by atoms with Crippen molar-refractivity contribution >= 4 is 18.0 Å². The largest absolute Gasteiger partial charge is 0.374 e. The molecule has 2 bridgehead atoms. The number of amidine groups is 1. The number of likely N-dealkylation sites (N-methyl/N-ethyl adjacent to an activating group) is 1. The first-order chi connectivity index (χ1) is 14.5. The number of carbonyl (C=O) groups excluding carboxylic acids is 2. The Morgan fingerprint density at radius 3 is 2.77 bits per heavy atom. The summed E-state index contributed by atoms with van der Waals surface area (Å²) >= 11 is 0. The van der Waals surface area contributed by atoms with Gasteiger partial charge in [0, 0.05) is 12.6 Å². The van der Waals surface area contributed by atoms with E-state index in [1.165, 1.54) is 18.2 Å². The minimum atomic E-state index is -0.499. The van der Waals surface area contributed by atoms with E-state index in [1.807, 2.05) is 27.8 Å². The zero-order valence-corrected chi connectivity index (χ0v) is 18.5. The van der Waals surface area contributed by atoms with Gasteiger partial charge in [0.1, 0.15) is 23.6 Å². The summed E-state index contributed by atoms with van der Waals surface area (Å²) < 4.78 is 19.1. The van der Waals surface area contributed by atoms with Crippen LogP contribution < -0.4 is 16.0 Å². The first-order valence-electron chi connectivity index (χ1n) is 10.6.